The van der Waals surface area contributed by atoms with E-state index in [4.69, 9.17) is 4.74 Å². The number of amides is 2. The van der Waals surface area contributed by atoms with Crippen LogP contribution in [0.1, 0.15) is 58.3 Å². The first-order chi connectivity index (χ1) is 20.3. The molecule has 0 bridgehead atoms. The highest BCUT2D eigenvalue weighted by Gasteiger charge is 2.24. The number of aromatic nitrogens is 4. The summed E-state index contributed by atoms with van der Waals surface area (Å²) < 4.78 is 7.90. The Labute approximate surface area is 246 Å². The van der Waals surface area contributed by atoms with Crippen LogP contribution in [-0.4, -0.2) is 85.3 Å². The predicted molar refractivity (Wildman–Crippen MR) is 157 cm³/mol. The number of hydrogen-bond acceptors (Lipinski definition) is 8. The molecular formula is C31H41N7O4. The van der Waals surface area contributed by atoms with Crippen LogP contribution in [0.25, 0.3) is 0 Å². The summed E-state index contributed by atoms with van der Waals surface area (Å²) in [6.07, 6.45) is 5.98. The van der Waals surface area contributed by atoms with E-state index in [2.05, 4.69) is 38.3 Å². The monoisotopic (exact) mass is 575 g/mol. The molecule has 1 fully saturated rings. The molecule has 42 heavy (non-hydrogen) atoms. The SMILES string of the molecule is CC(=O)N1CCC(Cc2cc(C(=O)NC[C@H](O)CN3CCc4c(ccc(OCc5ccnn5C)c4C)C3)ncn2)CC1. The van der Waals surface area contributed by atoms with Gasteiger partial charge in [-0.05, 0) is 73.4 Å². The van der Waals surface area contributed by atoms with Crippen LogP contribution < -0.4 is 10.1 Å². The Kier molecular flexibility index (Phi) is 9.48. The number of carbonyl (C=O) groups is 2. The summed E-state index contributed by atoms with van der Waals surface area (Å²) in [4.78, 5) is 37.0. The zero-order valence-corrected chi connectivity index (χ0v) is 24.8. The van der Waals surface area contributed by atoms with Crippen molar-refractivity contribution in [1.82, 2.24) is 34.9 Å². The van der Waals surface area contributed by atoms with Crippen LogP contribution in [-0.2, 0) is 37.8 Å². The molecule has 3 aromatic rings. The summed E-state index contributed by atoms with van der Waals surface area (Å²) in [6.45, 7) is 7.88. The average molecular weight is 576 g/mol. The smallest absolute Gasteiger partial charge is 0.270 e. The van der Waals surface area contributed by atoms with Crippen molar-refractivity contribution in [2.24, 2.45) is 13.0 Å². The molecule has 224 valence electrons. The molecule has 5 rings (SSSR count). The van der Waals surface area contributed by atoms with E-state index < -0.39 is 6.10 Å². The van der Waals surface area contributed by atoms with E-state index in [0.29, 0.717) is 24.8 Å². The van der Waals surface area contributed by atoms with Crippen LogP contribution >= 0.6 is 0 Å². The average Bonchev–Trinajstić information content (AvgIpc) is 3.40. The number of benzene rings is 1. The van der Waals surface area contributed by atoms with E-state index in [-0.39, 0.29) is 18.4 Å². The maximum absolute atomic E-state index is 12.8. The second kappa shape index (κ2) is 13.4. The highest BCUT2D eigenvalue weighted by atomic mass is 16.5. The summed E-state index contributed by atoms with van der Waals surface area (Å²) in [6, 6.07) is 7.82. The van der Waals surface area contributed by atoms with Crippen LogP contribution in [0.4, 0.5) is 0 Å². The minimum absolute atomic E-state index is 0.119. The van der Waals surface area contributed by atoms with Gasteiger partial charge >= 0.3 is 0 Å². The fourth-order valence-corrected chi connectivity index (χ4v) is 5.93. The highest BCUT2D eigenvalue weighted by Crippen LogP contribution is 2.30. The number of piperidine rings is 1. The van der Waals surface area contributed by atoms with Crippen molar-refractivity contribution in [2.75, 3.05) is 32.7 Å². The third-order valence-corrected chi connectivity index (χ3v) is 8.50. The lowest BCUT2D eigenvalue weighted by molar-refractivity contribution is -0.130. The van der Waals surface area contributed by atoms with Crippen molar-refractivity contribution in [1.29, 1.82) is 0 Å². The molecule has 2 amide bonds. The molecule has 2 N–H and O–H groups in total. The van der Waals surface area contributed by atoms with Crippen molar-refractivity contribution < 1.29 is 19.4 Å². The maximum Gasteiger partial charge on any atom is 0.270 e. The van der Waals surface area contributed by atoms with Crippen LogP contribution in [0.15, 0.2) is 36.8 Å². The summed E-state index contributed by atoms with van der Waals surface area (Å²) in [5.74, 6) is 1.12. The third kappa shape index (κ3) is 7.32. The van der Waals surface area contributed by atoms with Crippen molar-refractivity contribution >= 4 is 11.8 Å². The predicted octanol–water partition coefficient (Wildman–Crippen LogP) is 2.05. The first kappa shape index (κ1) is 29.7. The van der Waals surface area contributed by atoms with Gasteiger partial charge in [-0.25, -0.2) is 9.97 Å². The van der Waals surface area contributed by atoms with Crippen LogP contribution in [0, 0.1) is 12.8 Å². The molecule has 1 atom stereocenters. The quantitative estimate of drug-likeness (QED) is 0.376. The fraction of sp³-hybridized carbons (Fsp3) is 0.516. The Balaban J connectivity index is 1.08. The van der Waals surface area contributed by atoms with Crippen LogP contribution in [0.3, 0.4) is 0 Å². The molecular weight excluding hydrogens is 534 g/mol. The first-order valence-electron chi connectivity index (χ1n) is 14.7. The van der Waals surface area contributed by atoms with Gasteiger partial charge in [-0.2, -0.15) is 5.10 Å². The second-order valence-electron chi connectivity index (χ2n) is 11.5. The number of hydrogen-bond donors (Lipinski definition) is 2. The summed E-state index contributed by atoms with van der Waals surface area (Å²) in [7, 11) is 1.91. The maximum atomic E-state index is 12.8. The molecule has 0 saturated carbocycles. The van der Waals surface area contributed by atoms with E-state index in [0.717, 1.165) is 74.6 Å². The minimum atomic E-state index is -0.703. The summed E-state index contributed by atoms with van der Waals surface area (Å²) in [5, 5.41) is 17.7. The molecule has 0 radical (unpaired) electrons. The standard InChI is InChI=1S/C31H41N7O4/c1-21-28-9-11-37(17-24(28)4-5-30(21)42-19-26-6-10-35-36(26)3)18-27(40)16-32-31(41)29-15-25(33-20-34-29)14-23-7-12-38(13-8-23)22(2)39/h4-6,10,15,20,23,27,40H,7-9,11-14,16-19H2,1-3H3,(H,32,41)/t27-/m0/s1. The number of β-amino-alcohol motifs (C(OH)–C–C–N with tert-alkyl or cyclic N) is 1. The van der Waals surface area contributed by atoms with Crippen molar-refractivity contribution in [3.8, 4) is 5.75 Å². The van der Waals surface area contributed by atoms with E-state index in [1.165, 1.54) is 17.5 Å². The first-order valence-corrected chi connectivity index (χ1v) is 14.7. The Hall–Kier alpha value is -3.83. The molecule has 0 unspecified atom stereocenters. The molecule has 1 aromatic carbocycles. The van der Waals surface area contributed by atoms with Gasteiger partial charge in [0.05, 0.1) is 11.8 Å². The van der Waals surface area contributed by atoms with Crippen molar-refractivity contribution in [2.45, 2.75) is 58.8 Å². The fourth-order valence-electron chi connectivity index (χ4n) is 5.93. The number of aryl methyl sites for hydroxylation is 1. The number of aliphatic hydroxyl groups excluding tert-OH is 1. The van der Waals surface area contributed by atoms with Gasteiger partial charge in [-0.3, -0.25) is 19.2 Å². The molecule has 11 nitrogen and oxygen atoms in total. The van der Waals surface area contributed by atoms with Crippen LogP contribution in [0.5, 0.6) is 5.75 Å². The largest absolute Gasteiger partial charge is 0.487 e. The van der Waals surface area contributed by atoms with Gasteiger partial charge in [0.15, 0.2) is 0 Å². The molecule has 1 saturated heterocycles. The molecule has 4 heterocycles. The van der Waals surface area contributed by atoms with Gasteiger partial charge < -0.3 is 20.1 Å². The van der Waals surface area contributed by atoms with Gasteiger partial charge in [0.25, 0.3) is 5.91 Å². The van der Waals surface area contributed by atoms with Crippen molar-refractivity contribution in [3.63, 3.8) is 0 Å². The highest BCUT2D eigenvalue weighted by molar-refractivity contribution is 5.92. The Morgan fingerprint density at radius 2 is 1.98 bits per heavy atom. The second-order valence-corrected chi connectivity index (χ2v) is 11.5. The van der Waals surface area contributed by atoms with E-state index >= 15 is 0 Å². The third-order valence-electron chi connectivity index (χ3n) is 8.50. The normalized spacial score (nSPS) is 16.6. The molecule has 0 aliphatic carbocycles. The zero-order valence-electron chi connectivity index (χ0n) is 24.8. The summed E-state index contributed by atoms with van der Waals surface area (Å²) >= 11 is 0. The lowest BCUT2D eigenvalue weighted by Gasteiger charge is -2.31. The number of likely N-dealkylation sites (tertiary alicyclic amines) is 1. The van der Waals surface area contributed by atoms with Gasteiger partial charge in [0.1, 0.15) is 24.4 Å². The van der Waals surface area contributed by atoms with Gasteiger partial charge in [0, 0.05) is 65.1 Å². The van der Waals surface area contributed by atoms with E-state index in [9.17, 15) is 14.7 Å². The van der Waals surface area contributed by atoms with Gasteiger partial charge in [0.2, 0.25) is 5.91 Å². The zero-order chi connectivity index (χ0) is 29.6. The number of aliphatic hydroxyl groups is 1. The Morgan fingerprint density at radius 3 is 2.71 bits per heavy atom. The number of fused-ring (bicyclic) bond motifs is 1. The van der Waals surface area contributed by atoms with Gasteiger partial charge in [-0.1, -0.05) is 6.07 Å². The van der Waals surface area contributed by atoms with E-state index in [1.54, 1.807) is 19.2 Å². The molecule has 2 aromatic heterocycles. The van der Waals surface area contributed by atoms with Gasteiger partial charge in [-0.15, -0.1) is 0 Å². The lowest BCUT2D eigenvalue weighted by Crippen LogP contribution is -2.42. The topological polar surface area (TPSA) is 126 Å². The van der Waals surface area contributed by atoms with E-state index in [1.807, 2.05) is 28.8 Å². The molecule has 2 aliphatic rings. The molecule has 2 aliphatic heterocycles. The number of rotatable bonds is 10. The Bertz CT molecular complexity index is 1400. The van der Waals surface area contributed by atoms with Crippen LogP contribution in [0.2, 0.25) is 0 Å². The lowest BCUT2D eigenvalue weighted by atomic mass is 9.92. The number of ether oxygens (including phenoxy) is 1. The Morgan fingerprint density at radius 1 is 1.17 bits per heavy atom. The minimum Gasteiger partial charge on any atom is -0.487 e. The van der Waals surface area contributed by atoms with Crippen molar-refractivity contribution in [3.05, 3.63) is 70.6 Å². The number of nitrogens with zero attached hydrogens (tertiary/aromatic N) is 6. The molecule has 11 heteroatoms. The summed E-state index contributed by atoms with van der Waals surface area (Å²) in [5.41, 5.74) is 5.85. The molecule has 0 spiro atoms. The number of carbonyl (C=O) groups excluding carboxylic acids is 2. The number of nitrogens with one attached hydrogen (secondary N) is 1.